The van der Waals surface area contributed by atoms with Crippen LogP contribution in [0.3, 0.4) is 0 Å². The van der Waals surface area contributed by atoms with Gasteiger partial charge in [0.2, 0.25) is 5.91 Å². The Kier molecular flexibility index (Phi) is 26.1. The summed E-state index contributed by atoms with van der Waals surface area (Å²) < 4.78 is 26.4. The lowest BCUT2D eigenvalue weighted by atomic mass is 10.1. The molecule has 0 saturated heterocycles. The summed E-state index contributed by atoms with van der Waals surface area (Å²) >= 11 is 0. The first-order chi connectivity index (χ1) is 18.8. The molecule has 230 valence electrons. The minimum absolute atomic E-state index is 0.0788. The molecule has 0 aliphatic heterocycles. The van der Waals surface area contributed by atoms with Crippen molar-refractivity contribution in [3.8, 4) is 0 Å². The van der Waals surface area contributed by atoms with E-state index in [0.717, 1.165) is 57.8 Å². The van der Waals surface area contributed by atoms with Crippen molar-refractivity contribution in [3.05, 3.63) is 12.2 Å². The standard InChI is InChI=1S/C29H56NO8P/c1-3-5-7-8-9-10-11-12-13-14-15-16-17-18-20-22-29(33)36-25-27(31)26-38-39(34,35)37-24-23-30-28(32)21-19-6-4-2/h12-13,27,31H,3-11,14-26H2,1-2H3,(H,30,32)(H,34,35)/b13-12-. The zero-order valence-corrected chi connectivity index (χ0v) is 25.5. The molecule has 3 N–H and O–H groups in total. The average Bonchev–Trinajstić information content (AvgIpc) is 2.91. The summed E-state index contributed by atoms with van der Waals surface area (Å²) in [6, 6.07) is 0. The lowest BCUT2D eigenvalue weighted by Crippen LogP contribution is -2.27. The van der Waals surface area contributed by atoms with Gasteiger partial charge in [-0.25, -0.2) is 4.57 Å². The second-order valence-corrected chi connectivity index (χ2v) is 11.5. The topological polar surface area (TPSA) is 131 Å². The van der Waals surface area contributed by atoms with E-state index >= 15 is 0 Å². The third-order valence-electron chi connectivity index (χ3n) is 6.20. The van der Waals surface area contributed by atoms with Crippen molar-refractivity contribution in [1.82, 2.24) is 5.32 Å². The van der Waals surface area contributed by atoms with Crippen LogP contribution < -0.4 is 5.32 Å². The Morgan fingerprint density at radius 1 is 0.769 bits per heavy atom. The SMILES string of the molecule is CCCCCCCC/C=C\CCCCCCCC(=O)OCC(O)COP(=O)(O)OCCNC(=O)CCCCC. The number of carbonyl (C=O) groups excluding carboxylic acids is 2. The van der Waals surface area contributed by atoms with Crippen LogP contribution in [0.1, 0.15) is 129 Å². The number of amides is 1. The minimum Gasteiger partial charge on any atom is -0.463 e. The van der Waals surface area contributed by atoms with Crippen LogP contribution in [0.2, 0.25) is 0 Å². The molecule has 9 nitrogen and oxygen atoms in total. The molecular formula is C29H56NO8P. The highest BCUT2D eigenvalue weighted by atomic mass is 31.2. The van der Waals surface area contributed by atoms with Crippen LogP contribution in [0.15, 0.2) is 12.2 Å². The van der Waals surface area contributed by atoms with Crippen molar-refractivity contribution in [2.24, 2.45) is 0 Å². The number of aliphatic hydroxyl groups is 1. The van der Waals surface area contributed by atoms with Gasteiger partial charge in [-0.05, 0) is 38.5 Å². The molecule has 0 radical (unpaired) electrons. The number of unbranched alkanes of at least 4 members (excludes halogenated alkanes) is 13. The van der Waals surface area contributed by atoms with Crippen molar-refractivity contribution in [2.45, 2.75) is 136 Å². The fraction of sp³-hybridized carbons (Fsp3) is 0.862. The maximum absolute atomic E-state index is 11.9. The Labute approximate surface area is 237 Å². The largest absolute Gasteiger partial charge is 0.472 e. The van der Waals surface area contributed by atoms with Gasteiger partial charge in [0.05, 0.1) is 13.2 Å². The fourth-order valence-electron chi connectivity index (χ4n) is 3.84. The fourth-order valence-corrected chi connectivity index (χ4v) is 4.60. The van der Waals surface area contributed by atoms with Gasteiger partial charge in [-0.15, -0.1) is 0 Å². The molecule has 0 saturated carbocycles. The van der Waals surface area contributed by atoms with Crippen LogP contribution in [0.25, 0.3) is 0 Å². The van der Waals surface area contributed by atoms with Gasteiger partial charge in [0, 0.05) is 19.4 Å². The number of aliphatic hydroxyl groups excluding tert-OH is 1. The summed E-state index contributed by atoms with van der Waals surface area (Å²) in [7, 11) is -4.38. The van der Waals surface area contributed by atoms with Crippen LogP contribution in [0, 0.1) is 0 Å². The van der Waals surface area contributed by atoms with Crippen LogP contribution >= 0.6 is 7.82 Å². The van der Waals surface area contributed by atoms with Gasteiger partial charge >= 0.3 is 13.8 Å². The summed E-state index contributed by atoms with van der Waals surface area (Å²) in [5.74, 6) is -0.551. The number of hydrogen-bond acceptors (Lipinski definition) is 7. The maximum atomic E-state index is 11.9. The Morgan fingerprint density at radius 2 is 1.31 bits per heavy atom. The molecule has 2 atom stereocenters. The van der Waals surface area contributed by atoms with E-state index in [0.29, 0.717) is 6.42 Å². The molecule has 0 aromatic rings. The molecule has 0 fully saturated rings. The monoisotopic (exact) mass is 577 g/mol. The molecule has 0 heterocycles. The summed E-state index contributed by atoms with van der Waals surface area (Å²) in [6.45, 7) is 3.33. The number of allylic oxidation sites excluding steroid dienone is 2. The van der Waals surface area contributed by atoms with Gasteiger partial charge in [-0.2, -0.15) is 0 Å². The molecule has 0 aliphatic carbocycles. The number of ether oxygens (including phenoxy) is 1. The van der Waals surface area contributed by atoms with Gasteiger partial charge in [-0.1, -0.05) is 90.2 Å². The van der Waals surface area contributed by atoms with Crippen molar-refractivity contribution >= 4 is 19.7 Å². The maximum Gasteiger partial charge on any atom is 0.472 e. The summed E-state index contributed by atoms with van der Waals surface area (Å²) in [4.78, 5) is 33.1. The lowest BCUT2D eigenvalue weighted by molar-refractivity contribution is -0.147. The number of phosphoric acid groups is 1. The first kappa shape index (κ1) is 37.8. The van der Waals surface area contributed by atoms with Gasteiger partial charge in [0.1, 0.15) is 12.7 Å². The molecule has 39 heavy (non-hydrogen) atoms. The van der Waals surface area contributed by atoms with Gasteiger partial charge in [0.25, 0.3) is 0 Å². The molecule has 0 rings (SSSR count). The van der Waals surface area contributed by atoms with Crippen molar-refractivity contribution in [2.75, 3.05) is 26.4 Å². The van der Waals surface area contributed by atoms with Crippen LogP contribution in [0.4, 0.5) is 0 Å². The van der Waals surface area contributed by atoms with Gasteiger partial charge < -0.3 is 20.1 Å². The number of phosphoric ester groups is 1. The minimum atomic E-state index is -4.38. The highest BCUT2D eigenvalue weighted by molar-refractivity contribution is 7.47. The quantitative estimate of drug-likeness (QED) is 0.0402. The zero-order chi connectivity index (χ0) is 29.0. The molecule has 0 spiro atoms. The first-order valence-corrected chi connectivity index (χ1v) is 16.7. The number of carbonyl (C=O) groups is 2. The highest BCUT2D eigenvalue weighted by Crippen LogP contribution is 2.42. The molecule has 0 aromatic carbocycles. The van der Waals surface area contributed by atoms with E-state index in [1.165, 1.54) is 44.9 Å². The molecule has 0 aromatic heterocycles. The Morgan fingerprint density at radius 3 is 1.95 bits per heavy atom. The number of hydrogen-bond donors (Lipinski definition) is 3. The predicted molar refractivity (Wildman–Crippen MR) is 155 cm³/mol. The van der Waals surface area contributed by atoms with Crippen molar-refractivity contribution in [3.63, 3.8) is 0 Å². The summed E-state index contributed by atoms with van der Waals surface area (Å²) in [5.41, 5.74) is 0. The smallest absolute Gasteiger partial charge is 0.463 e. The Bertz CT molecular complexity index is 674. The summed E-state index contributed by atoms with van der Waals surface area (Å²) in [5, 5.41) is 12.5. The molecule has 10 heteroatoms. The molecular weight excluding hydrogens is 521 g/mol. The van der Waals surface area contributed by atoms with E-state index in [2.05, 4.69) is 24.4 Å². The second-order valence-electron chi connectivity index (χ2n) is 10.1. The molecule has 0 bridgehead atoms. The normalized spacial score (nSPS) is 13.8. The first-order valence-electron chi connectivity index (χ1n) is 15.2. The molecule has 1 amide bonds. The summed E-state index contributed by atoms with van der Waals surface area (Å²) in [6.07, 6.45) is 22.2. The Balaban J connectivity index is 3.63. The lowest BCUT2D eigenvalue weighted by Gasteiger charge is -2.15. The third-order valence-corrected chi connectivity index (χ3v) is 7.18. The number of nitrogens with one attached hydrogen (secondary N) is 1. The van der Waals surface area contributed by atoms with E-state index in [1.54, 1.807) is 0 Å². The highest BCUT2D eigenvalue weighted by Gasteiger charge is 2.23. The van der Waals surface area contributed by atoms with Crippen molar-refractivity contribution in [1.29, 1.82) is 0 Å². The van der Waals surface area contributed by atoms with E-state index in [-0.39, 0.29) is 32.1 Å². The third kappa shape index (κ3) is 28.1. The molecule has 2 unspecified atom stereocenters. The Hall–Kier alpha value is -1.25. The van der Waals surface area contributed by atoms with Crippen LogP contribution in [0.5, 0.6) is 0 Å². The van der Waals surface area contributed by atoms with Crippen molar-refractivity contribution < 1.29 is 37.9 Å². The van der Waals surface area contributed by atoms with E-state index in [1.807, 2.05) is 6.92 Å². The number of esters is 1. The second kappa shape index (κ2) is 26.9. The van der Waals surface area contributed by atoms with Gasteiger partial charge in [-0.3, -0.25) is 18.6 Å². The van der Waals surface area contributed by atoms with E-state index < -0.39 is 26.5 Å². The van der Waals surface area contributed by atoms with Gasteiger partial charge in [0.15, 0.2) is 0 Å². The van der Waals surface area contributed by atoms with E-state index in [9.17, 15) is 24.2 Å². The van der Waals surface area contributed by atoms with Crippen LogP contribution in [-0.2, 0) is 27.9 Å². The zero-order valence-electron chi connectivity index (χ0n) is 24.6. The average molecular weight is 578 g/mol. The van der Waals surface area contributed by atoms with E-state index in [4.69, 9.17) is 13.8 Å². The predicted octanol–water partition coefficient (Wildman–Crippen LogP) is 6.76. The molecule has 0 aliphatic rings. The van der Waals surface area contributed by atoms with Crippen LogP contribution in [-0.4, -0.2) is 54.3 Å². The number of rotatable bonds is 28.